The van der Waals surface area contributed by atoms with Gasteiger partial charge in [0.2, 0.25) is 11.8 Å². The van der Waals surface area contributed by atoms with Gasteiger partial charge in [0.1, 0.15) is 0 Å². The average Bonchev–Trinajstić information content (AvgIpc) is 2.52. The first-order chi connectivity index (χ1) is 10.6. The largest absolute Gasteiger partial charge is 0.383 e. The fourth-order valence-corrected chi connectivity index (χ4v) is 3.42. The Morgan fingerprint density at radius 1 is 1.36 bits per heavy atom. The number of hydrogen-bond acceptors (Lipinski definition) is 4. The number of ether oxygens (including phenoxy) is 1. The topological polar surface area (TPSA) is 58.6 Å². The standard InChI is InChI=1S/C16H22N2O3S/c1-12(11-21-2)17-15(19)7-8-16(20)18-9-10-22-14-6-4-3-5-13(14)18/h3-6,12H,7-11H2,1-2H3,(H,17,19). The van der Waals surface area contributed by atoms with Crippen LogP contribution >= 0.6 is 11.8 Å². The molecule has 1 aromatic rings. The monoisotopic (exact) mass is 322 g/mol. The zero-order chi connectivity index (χ0) is 15.9. The van der Waals surface area contributed by atoms with Crippen LogP contribution < -0.4 is 10.2 Å². The van der Waals surface area contributed by atoms with Crippen molar-refractivity contribution in [3.8, 4) is 0 Å². The molecule has 2 rings (SSSR count). The maximum absolute atomic E-state index is 12.4. The summed E-state index contributed by atoms with van der Waals surface area (Å²) in [6, 6.07) is 7.85. The summed E-state index contributed by atoms with van der Waals surface area (Å²) in [6.07, 6.45) is 0.434. The number of fused-ring (bicyclic) bond motifs is 1. The fraction of sp³-hybridized carbons (Fsp3) is 0.500. The van der Waals surface area contributed by atoms with E-state index in [0.29, 0.717) is 13.2 Å². The van der Waals surface area contributed by atoms with Gasteiger partial charge in [-0.1, -0.05) is 12.1 Å². The Balaban J connectivity index is 1.87. The summed E-state index contributed by atoms with van der Waals surface area (Å²) in [5.74, 6) is 0.777. The Labute approximate surface area is 135 Å². The van der Waals surface area contributed by atoms with Crippen molar-refractivity contribution in [3.63, 3.8) is 0 Å². The van der Waals surface area contributed by atoms with Gasteiger partial charge in [-0.25, -0.2) is 0 Å². The molecular weight excluding hydrogens is 300 g/mol. The highest BCUT2D eigenvalue weighted by atomic mass is 32.2. The molecule has 1 N–H and O–H groups in total. The van der Waals surface area contributed by atoms with E-state index in [1.165, 1.54) is 0 Å². The number of methoxy groups -OCH3 is 1. The molecule has 5 nitrogen and oxygen atoms in total. The molecule has 22 heavy (non-hydrogen) atoms. The van der Waals surface area contributed by atoms with E-state index in [1.54, 1.807) is 23.8 Å². The third-order valence-corrected chi connectivity index (χ3v) is 4.46. The molecule has 1 unspecified atom stereocenters. The van der Waals surface area contributed by atoms with Crippen LogP contribution in [0.4, 0.5) is 5.69 Å². The first-order valence-electron chi connectivity index (χ1n) is 7.42. The average molecular weight is 322 g/mol. The number of hydrogen-bond donors (Lipinski definition) is 1. The third-order valence-electron chi connectivity index (χ3n) is 3.42. The number of amides is 2. The highest BCUT2D eigenvalue weighted by Crippen LogP contribution is 2.34. The second-order valence-electron chi connectivity index (χ2n) is 5.29. The summed E-state index contributed by atoms with van der Waals surface area (Å²) in [4.78, 5) is 27.1. The number of carbonyl (C=O) groups is 2. The predicted molar refractivity (Wildman–Crippen MR) is 88.2 cm³/mol. The van der Waals surface area contributed by atoms with E-state index in [-0.39, 0.29) is 30.7 Å². The second kappa shape index (κ2) is 8.19. The summed E-state index contributed by atoms with van der Waals surface area (Å²) in [5.41, 5.74) is 0.955. The van der Waals surface area contributed by atoms with Gasteiger partial charge in [-0.3, -0.25) is 9.59 Å². The van der Waals surface area contributed by atoms with Crippen LogP contribution in [0.5, 0.6) is 0 Å². The summed E-state index contributed by atoms with van der Waals surface area (Å²) >= 11 is 1.76. The number of carbonyl (C=O) groups excluding carboxylic acids is 2. The van der Waals surface area contributed by atoms with E-state index < -0.39 is 0 Å². The highest BCUT2D eigenvalue weighted by molar-refractivity contribution is 7.99. The molecule has 1 aliphatic rings. The third kappa shape index (κ3) is 4.48. The molecule has 0 radical (unpaired) electrons. The Bertz CT molecular complexity index is 536. The number of thioether (sulfide) groups is 1. The van der Waals surface area contributed by atoms with Gasteiger partial charge in [0, 0.05) is 43.2 Å². The van der Waals surface area contributed by atoms with Crippen LogP contribution in [0.15, 0.2) is 29.2 Å². The molecular formula is C16H22N2O3S. The number of anilines is 1. The lowest BCUT2D eigenvalue weighted by atomic mass is 10.2. The number of nitrogens with one attached hydrogen (secondary N) is 1. The minimum atomic E-state index is -0.113. The lowest BCUT2D eigenvalue weighted by Gasteiger charge is -2.29. The normalized spacial score (nSPS) is 15.1. The summed E-state index contributed by atoms with van der Waals surface area (Å²) in [6.45, 7) is 3.04. The quantitative estimate of drug-likeness (QED) is 0.871. The minimum absolute atomic E-state index is 0.00212. The van der Waals surface area contributed by atoms with Crippen molar-refractivity contribution in [2.45, 2.75) is 30.7 Å². The molecule has 0 saturated carbocycles. The molecule has 0 aliphatic carbocycles. The SMILES string of the molecule is COCC(C)NC(=O)CCC(=O)N1CCSc2ccccc21. The van der Waals surface area contributed by atoms with Gasteiger partial charge in [0.05, 0.1) is 12.3 Å². The van der Waals surface area contributed by atoms with Gasteiger partial charge >= 0.3 is 0 Å². The van der Waals surface area contributed by atoms with E-state index in [0.717, 1.165) is 16.3 Å². The van der Waals surface area contributed by atoms with Crippen LogP contribution in [0.3, 0.4) is 0 Å². The van der Waals surface area contributed by atoms with Gasteiger partial charge in [-0.15, -0.1) is 11.8 Å². The van der Waals surface area contributed by atoms with Gasteiger partial charge < -0.3 is 15.0 Å². The molecule has 2 amide bonds. The summed E-state index contributed by atoms with van der Waals surface area (Å²) < 4.78 is 4.97. The number of benzene rings is 1. The smallest absolute Gasteiger partial charge is 0.227 e. The van der Waals surface area contributed by atoms with Crippen LogP contribution in [-0.2, 0) is 14.3 Å². The number of para-hydroxylation sites is 1. The maximum atomic E-state index is 12.4. The molecule has 1 atom stereocenters. The zero-order valence-electron chi connectivity index (χ0n) is 13.0. The molecule has 6 heteroatoms. The highest BCUT2D eigenvalue weighted by Gasteiger charge is 2.23. The molecule has 0 aromatic heterocycles. The number of rotatable bonds is 6. The van der Waals surface area contributed by atoms with E-state index in [2.05, 4.69) is 5.32 Å². The van der Waals surface area contributed by atoms with E-state index >= 15 is 0 Å². The molecule has 0 saturated heterocycles. The fourth-order valence-electron chi connectivity index (χ4n) is 2.42. The van der Waals surface area contributed by atoms with Crippen molar-refractivity contribution in [2.75, 3.05) is 30.9 Å². The second-order valence-corrected chi connectivity index (χ2v) is 6.42. The lowest BCUT2D eigenvalue weighted by Crippen LogP contribution is -2.38. The predicted octanol–water partition coefficient (Wildman–Crippen LogP) is 2.06. The summed E-state index contributed by atoms with van der Waals surface area (Å²) in [7, 11) is 1.60. The van der Waals surface area contributed by atoms with Crippen molar-refractivity contribution in [1.29, 1.82) is 0 Å². The van der Waals surface area contributed by atoms with Crippen molar-refractivity contribution in [3.05, 3.63) is 24.3 Å². The van der Waals surface area contributed by atoms with Gasteiger partial charge in [-0.2, -0.15) is 0 Å². The number of nitrogens with zero attached hydrogens (tertiary/aromatic N) is 1. The molecule has 1 aromatic carbocycles. The Morgan fingerprint density at radius 3 is 2.91 bits per heavy atom. The molecule has 0 bridgehead atoms. The van der Waals surface area contributed by atoms with Crippen LogP contribution in [0, 0.1) is 0 Å². The molecule has 0 fully saturated rings. The van der Waals surface area contributed by atoms with Crippen molar-refractivity contribution in [1.82, 2.24) is 5.32 Å². The zero-order valence-corrected chi connectivity index (χ0v) is 13.8. The van der Waals surface area contributed by atoms with E-state index in [9.17, 15) is 9.59 Å². The van der Waals surface area contributed by atoms with Crippen molar-refractivity contribution < 1.29 is 14.3 Å². The Kier molecular flexibility index (Phi) is 6.27. The van der Waals surface area contributed by atoms with E-state index in [1.807, 2.05) is 31.2 Å². The van der Waals surface area contributed by atoms with Gasteiger partial charge in [0.15, 0.2) is 0 Å². The van der Waals surface area contributed by atoms with Crippen LogP contribution in [0.25, 0.3) is 0 Å². The first-order valence-corrected chi connectivity index (χ1v) is 8.41. The molecule has 1 heterocycles. The molecule has 0 spiro atoms. The van der Waals surface area contributed by atoms with Gasteiger partial charge in [-0.05, 0) is 19.1 Å². The van der Waals surface area contributed by atoms with E-state index in [4.69, 9.17) is 4.74 Å². The summed E-state index contributed by atoms with van der Waals surface area (Å²) in [5, 5.41) is 2.82. The maximum Gasteiger partial charge on any atom is 0.227 e. The van der Waals surface area contributed by atoms with Crippen molar-refractivity contribution in [2.24, 2.45) is 0 Å². The Morgan fingerprint density at radius 2 is 2.14 bits per heavy atom. The van der Waals surface area contributed by atoms with Crippen molar-refractivity contribution >= 4 is 29.3 Å². The minimum Gasteiger partial charge on any atom is -0.383 e. The molecule has 1 aliphatic heterocycles. The Hall–Kier alpha value is -1.53. The van der Waals surface area contributed by atoms with Gasteiger partial charge in [0.25, 0.3) is 0 Å². The first kappa shape index (κ1) is 16.8. The van der Waals surface area contributed by atoms with Crippen LogP contribution in [0.2, 0.25) is 0 Å². The van der Waals surface area contributed by atoms with Crippen LogP contribution in [-0.4, -0.2) is 43.9 Å². The lowest BCUT2D eigenvalue weighted by molar-refractivity contribution is -0.125. The molecule has 120 valence electrons. The van der Waals surface area contributed by atoms with Crippen LogP contribution in [0.1, 0.15) is 19.8 Å².